The summed E-state index contributed by atoms with van der Waals surface area (Å²) in [5.74, 6) is 0.714. The van der Waals surface area contributed by atoms with Crippen molar-refractivity contribution in [1.82, 2.24) is 9.88 Å². The highest BCUT2D eigenvalue weighted by Gasteiger charge is 2.59. The molecular weight excluding hydrogens is 404 g/mol. The number of rotatable bonds is 4. The molecule has 1 heterocycles. The number of benzene rings is 2. The first kappa shape index (κ1) is 20.6. The Bertz CT molecular complexity index is 1160. The molecule has 2 saturated carbocycles. The van der Waals surface area contributed by atoms with Crippen LogP contribution in [0.15, 0.2) is 48.5 Å². The summed E-state index contributed by atoms with van der Waals surface area (Å²) >= 11 is 6.26. The number of halogens is 1. The highest BCUT2D eigenvalue weighted by atomic mass is 35.5. The summed E-state index contributed by atoms with van der Waals surface area (Å²) < 4.78 is 2.13. The van der Waals surface area contributed by atoms with Crippen LogP contribution in [-0.4, -0.2) is 16.5 Å². The van der Waals surface area contributed by atoms with Gasteiger partial charge in [0.25, 0.3) is 5.91 Å². The molecule has 31 heavy (non-hydrogen) atoms. The molecular formula is C27H31ClN2O. The van der Waals surface area contributed by atoms with Crippen LogP contribution < -0.4 is 5.32 Å². The van der Waals surface area contributed by atoms with Gasteiger partial charge in [0.15, 0.2) is 0 Å². The Morgan fingerprint density at radius 3 is 2.55 bits per heavy atom. The van der Waals surface area contributed by atoms with Gasteiger partial charge in [0.1, 0.15) is 5.69 Å². The van der Waals surface area contributed by atoms with Crippen molar-refractivity contribution in [1.29, 1.82) is 0 Å². The lowest BCUT2D eigenvalue weighted by atomic mass is 9.68. The van der Waals surface area contributed by atoms with E-state index in [4.69, 9.17) is 11.6 Å². The first-order chi connectivity index (χ1) is 14.7. The highest BCUT2D eigenvalue weighted by molar-refractivity contribution is 6.31. The van der Waals surface area contributed by atoms with Crippen LogP contribution in [0.3, 0.4) is 0 Å². The molecule has 2 aliphatic carbocycles. The van der Waals surface area contributed by atoms with Gasteiger partial charge in [-0.3, -0.25) is 4.79 Å². The van der Waals surface area contributed by atoms with Crippen LogP contribution in [0.25, 0.3) is 10.9 Å². The third-order valence-corrected chi connectivity index (χ3v) is 8.34. The topological polar surface area (TPSA) is 34.0 Å². The number of nitrogens with one attached hydrogen (secondary N) is 1. The Morgan fingerprint density at radius 2 is 1.87 bits per heavy atom. The van der Waals surface area contributed by atoms with Crippen LogP contribution in [-0.2, 0) is 6.54 Å². The van der Waals surface area contributed by atoms with Gasteiger partial charge in [0.2, 0.25) is 0 Å². The molecule has 162 valence electrons. The second kappa shape index (κ2) is 7.13. The maximum Gasteiger partial charge on any atom is 0.268 e. The van der Waals surface area contributed by atoms with Gasteiger partial charge in [-0.25, -0.2) is 0 Å². The van der Waals surface area contributed by atoms with Crippen molar-refractivity contribution in [2.45, 2.75) is 59.5 Å². The fourth-order valence-corrected chi connectivity index (χ4v) is 6.52. The second-order valence-electron chi connectivity index (χ2n) is 10.6. The average Bonchev–Trinajstić information content (AvgIpc) is 3.33. The lowest BCUT2D eigenvalue weighted by molar-refractivity contribution is 0.0730. The summed E-state index contributed by atoms with van der Waals surface area (Å²) in [4.78, 5) is 13.7. The van der Waals surface area contributed by atoms with Gasteiger partial charge in [-0.2, -0.15) is 0 Å². The van der Waals surface area contributed by atoms with E-state index in [1.54, 1.807) is 0 Å². The normalized spacial score (nSPS) is 26.5. The number of fused-ring (bicyclic) bond motifs is 3. The van der Waals surface area contributed by atoms with E-state index in [2.05, 4.69) is 61.8 Å². The van der Waals surface area contributed by atoms with Crippen LogP contribution in [0.4, 0.5) is 0 Å². The third-order valence-electron chi connectivity index (χ3n) is 8.10. The number of amides is 1. The minimum atomic E-state index is 0.0197. The molecule has 0 spiro atoms. The van der Waals surface area contributed by atoms with Gasteiger partial charge in [0.05, 0.1) is 0 Å². The number of hydrogen-bond donors (Lipinski definition) is 1. The standard InChI is InChI=1S/C27H31ClN2O/c1-17-5-7-18(8-6-17)16-30-22-10-9-21(28)13-19(22)14-23(30)24(31)29-25-26(2,3)20-11-12-27(25,4)15-20/h5-10,13-14,20,25H,11-12,15-16H2,1-4H3,(H,29,31)/t20?,25?,27-/m1/s1. The van der Waals surface area contributed by atoms with Crippen LogP contribution in [0.1, 0.15) is 61.6 Å². The van der Waals surface area contributed by atoms with Crippen LogP contribution in [0, 0.1) is 23.7 Å². The largest absolute Gasteiger partial charge is 0.347 e. The van der Waals surface area contributed by atoms with Gasteiger partial charge in [-0.05, 0) is 72.8 Å². The number of carbonyl (C=O) groups is 1. The van der Waals surface area contributed by atoms with Crippen molar-refractivity contribution in [2.24, 2.45) is 16.7 Å². The zero-order valence-electron chi connectivity index (χ0n) is 18.8. The van der Waals surface area contributed by atoms with Crippen LogP contribution in [0.2, 0.25) is 5.02 Å². The van der Waals surface area contributed by atoms with Crippen molar-refractivity contribution in [3.63, 3.8) is 0 Å². The molecule has 1 amide bonds. The third kappa shape index (κ3) is 3.38. The zero-order valence-corrected chi connectivity index (χ0v) is 19.6. The van der Waals surface area contributed by atoms with Crippen molar-refractivity contribution >= 4 is 28.4 Å². The number of aromatic nitrogens is 1. The zero-order chi connectivity index (χ0) is 22.0. The van der Waals surface area contributed by atoms with Crippen molar-refractivity contribution < 1.29 is 4.79 Å². The van der Waals surface area contributed by atoms with E-state index >= 15 is 0 Å². The summed E-state index contributed by atoms with van der Waals surface area (Å²) in [6.45, 7) is 9.76. The van der Waals surface area contributed by atoms with E-state index in [1.165, 1.54) is 30.4 Å². The smallest absolute Gasteiger partial charge is 0.268 e. The molecule has 0 radical (unpaired) electrons. The van der Waals surface area contributed by atoms with E-state index in [9.17, 15) is 4.79 Å². The Hall–Kier alpha value is -2.26. The van der Waals surface area contributed by atoms with Gasteiger partial charge >= 0.3 is 0 Å². The monoisotopic (exact) mass is 434 g/mol. The number of aryl methyl sites for hydroxylation is 1. The van der Waals surface area contributed by atoms with Gasteiger partial charge in [0, 0.05) is 28.5 Å². The molecule has 2 aliphatic rings. The maximum atomic E-state index is 13.7. The fourth-order valence-electron chi connectivity index (χ4n) is 6.34. The van der Waals surface area contributed by atoms with Crippen LogP contribution >= 0.6 is 11.6 Å². The SMILES string of the molecule is Cc1ccc(Cn2c(C(=O)NC3C(C)(C)C4CC[C@]3(C)C4)cc3cc(Cl)ccc32)cc1. The van der Waals surface area contributed by atoms with Gasteiger partial charge < -0.3 is 9.88 Å². The Labute approximate surface area is 189 Å². The molecule has 5 rings (SSSR count). The summed E-state index contributed by atoms with van der Waals surface area (Å²) in [6.07, 6.45) is 3.70. The summed E-state index contributed by atoms with van der Waals surface area (Å²) in [5, 5.41) is 5.17. The molecule has 2 fully saturated rings. The van der Waals surface area contributed by atoms with Crippen molar-refractivity contribution in [3.05, 3.63) is 70.4 Å². The van der Waals surface area contributed by atoms with E-state index in [-0.39, 0.29) is 22.8 Å². The quantitative estimate of drug-likeness (QED) is 0.493. The number of carbonyl (C=O) groups excluding carboxylic acids is 1. The van der Waals surface area contributed by atoms with Gasteiger partial charge in [-0.15, -0.1) is 0 Å². The maximum absolute atomic E-state index is 13.7. The molecule has 0 aliphatic heterocycles. The summed E-state index contributed by atoms with van der Waals surface area (Å²) in [5.41, 5.74) is 4.48. The van der Waals surface area contributed by atoms with E-state index < -0.39 is 0 Å². The van der Waals surface area contributed by atoms with Crippen molar-refractivity contribution in [2.75, 3.05) is 0 Å². The van der Waals surface area contributed by atoms with Gasteiger partial charge in [-0.1, -0.05) is 62.2 Å². The molecule has 2 aromatic carbocycles. The molecule has 2 bridgehead atoms. The first-order valence-corrected chi connectivity index (χ1v) is 11.7. The van der Waals surface area contributed by atoms with E-state index in [0.29, 0.717) is 23.2 Å². The number of nitrogens with zero attached hydrogens (tertiary/aromatic N) is 1. The molecule has 1 N–H and O–H groups in total. The molecule has 3 atom stereocenters. The lowest BCUT2D eigenvalue weighted by Gasteiger charge is -2.43. The first-order valence-electron chi connectivity index (χ1n) is 11.3. The second-order valence-corrected chi connectivity index (χ2v) is 11.1. The lowest BCUT2D eigenvalue weighted by Crippen LogP contribution is -2.52. The molecule has 3 nitrogen and oxygen atoms in total. The highest BCUT2D eigenvalue weighted by Crippen LogP contribution is 2.62. The summed E-state index contributed by atoms with van der Waals surface area (Å²) in [6, 6.07) is 16.6. The van der Waals surface area contributed by atoms with Crippen molar-refractivity contribution in [3.8, 4) is 0 Å². The van der Waals surface area contributed by atoms with Crippen LogP contribution in [0.5, 0.6) is 0 Å². The molecule has 3 aromatic rings. The van der Waals surface area contributed by atoms with E-state index in [0.717, 1.165) is 10.9 Å². The predicted octanol–water partition coefficient (Wildman–Crippen LogP) is 6.60. The predicted molar refractivity (Wildman–Crippen MR) is 128 cm³/mol. The Balaban J connectivity index is 1.52. The molecule has 4 heteroatoms. The van der Waals surface area contributed by atoms with E-state index in [1.807, 2.05) is 24.3 Å². The fraction of sp³-hybridized carbons (Fsp3) is 0.444. The molecule has 2 unspecified atom stereocenters. The molecule has 0 saturated heterocycles. The number of hydrogen-bond acceptors (Lipinski definition) is 1. The molecule has 1 aromatic heterocycles. The Kier molecular flexibility index (Phi) is 4.75. The minimum Gasteiger partial charge on any atom is -0.347 e. The minimum absolute atomic E-state index is 0.0197. The average molecular weight is 435 g/mol. The summed E-state index contributed by atoms with van der Waals surface area (Å²) in [7, 11) is 0. The Morgan fingerprint density at radius 1 is 1.13 bits per heavy atom.